The molecule has 128 valence electrons. The number of carbonyl (C=O) groups is 1. The fourth-order valence-electron chi connectivity index (χ4n) is 2.14. The average molecular weight is 328 g/mol. The Kier molecular flexibility index (Phi) is 6.12. The van der Waals surface area contributed by atoms with Gasteiger partial charge in [0.15, 0.2) is 0 Å². The Morgan fingerprint density at radius 2 is 2.08 bits per heavy atom. The number of anilines is 1. The molecule has 24 heavy (non-hydrogen) atoms. The highest BCUT2D eigenvalue weighted by Crippen LogP contribution is 2.23. The zero-order chi connectivity index (χ0) is 17.5. The van der Waals surface area contributed by atoms with Crippen LogP contribution in [0.5, 0.6) is 5.75 Å². The van der Waals surface area contributed by atoms with Gasteiger partial charge in [-0.25, -0.2) is 9.97 Å². The van der Waals surface area contributed by atoms with Gasteiger partial charge in [0.05, 0.1) is 12.3 Å². The summed E-state index contributed by atoms with van der Waals surface area (Å²) in [6.07, 6.45) is 0.992. The highest BCUT2D eigenvalue weighted by molar-refractivity contribution is 5.93. The van der Waals surface area contributed by atoms with Gasteiger partial charge in [-0.3, -0.25) is 4.79 Å². The predicted octanol–water partition coefficient (Wildman–Crippen LogP) is 2.90. The van der Waals surface area contributed by atoms with E-state index in [1.165, 1.54) is 0 Å². The number of nitrogen functional groups attached to an aromatic ring is 1. The molecule has 0 aliphatic heterocycles. The topological polar surface area (TPSA) is 90.1 Å². The van der Waals surface area contributed by atoms with E-state index in [9.17, 15) is 4.79 Å². The van der Waals surface area contributed by atoms with Crippen LogP contribution in [0, 0.1) is 5.92 Å². The Hall–Kier alpha value is -2.63. The number of nitrogens with two attached hydrogens (primary N) is 1. The molecule has 0 aliphatic carbocycles. The largest absolute Gasteiger partial charge is 0.494 e. The summed E-state index contributed by atoms with van der Waals surface area (Å²) in [7, 11) is 0. The van der Waals surface area contributed by atoms with Crippen LogP contribution in [0.1, 0.15) is 37.7 Å². The third-order valence-corrected chi connectivity index (χ3v) is 3.41. The van der Waals surface area contributed by atoms with Gasteiger partial charge in [0.2, 0.25) is 5.95 Å². The minimum Gasteiger partial charge on any atom is -0.494 e. The Morgan fingerprint density at radius 3 is 2.79 bits per heavy atom. The number of rotatable bonds is 7. The minimum atomic E-state index is -0.266. The average Bonchev–Trinajstić information content (AvgIpc) is 2.54. The first-order chi connectivity index (χ1) is 11.5. The number of amides is 1. The van der Waals surface area contributed by atoms with Gasteiger partial charge < -0.3 is 15.8 Å². The molecule has 0 fully saturated rings. The second-order valence-electron chi connectivity index (χ2n) is 5.91. The van der Waals surface area contributed by atoms with Crippen LogP contribution in [0.2, 0.25) is 0 Å². The Labute approximate surface area is 142 Å². The monoisotopic (exact) mass is 328 g/mol. The van der Waals surface area contributed by atoms with Crippen LogP contribution in [0.4, 0.5) is 5.95 Å². The summed E-state index contributed by atoms with van der Waals surface area (Å²) in [4.78, 5) is 20.2. The van der Waals surface area contributed by atoms with E-state index in [0.29, 0.717) is 24.8 Å². The molecule has 0 atom stereocenters. The maximum atomic E-state index is 12.0. The van der Waals surface area contributed by atoms with Crippen molar-refractivity contribution in [3.63, 3.8) is 0 Å². The van der Waals surface area contributed by atoms with Crippen molar-refractivity contribution < 1.29 is 9.53 Å². The molecule has 0 unspecified atom stereocenters. The molecular weight excluding hydrogens is 304 g/mol. The predicted molar refractivity (Wildman–Crippen MR) is 94.8 cm³/mol. The van der Waals surface area contributed by atoms with Gasteiger partial charge in [-0.2, -0.15) is 0 Å². The van der Waals surface area contributed by atoms with Crippen molar-refractivity contribution in [3.8, 4) is 17.0 Å². The summed E-state index contributed by atoms with van der Waals surface area (Å²) in [5.41, 5.74) is 7.43. The highest BCUT2D eigenvalue weighted by Gasteiger charge is 2.11. The van der Waals surface area contributed by atoms with E-state index in [1.54, 1.807) is 6.07 Å². The molecule has 2 rings (SSSR count). The van der Waals surface area contributed by atoms with E-state index in [-0.39, 0.29) is 17.5 Å². The number of hydrogen-bond acceptors (Lipinski definition) is 5. The van der Waals surface area contributed by atoms with Crippen molar-refractivity contribution in [2.45, 2.75) is 27.2 Å². The first-order valence-electron chi connectivity index (χ1n) is 8.15. The quantitative estimate of drug-likeness (QED) is 0.815. The van der Waals surface area contributed by atoms with Crippen molar-refractivity contribution in [2.75, 3.05) is 18.9 Å². The third kappa shape index (κ3) is 4.94. The molecule has 0 spiro atoms. The van der Waals surface area contributed by atoms with Gasteiger partial charge in [-0.1, -0.05) is 26.0 Å². The van der Waals surface area contributed by atoms with Crippen LogP contribution in [-0.4, -0.2) is 29.0 Å². The molecule has 3 N–H and O–H groups in total. The molecule has 0 radical (unpaired) electrons. The molecule has 6 heteroatoms. The molecule has 0 bridgehead atoms. The Morgan fingerprint density at radius 1 is 1.29 bits per heavy atom. The summed E-state index contributed by atoms with van der Waals surface area (Å²) >= 11 is 0. The van der Waals surface area contributed by atoms with Crippen molar-refractivity contribution in [1.82, 2.24) is 15.3 Å². The fraction of sp³-hybridized carbons (Fsp3) is 0.389. The molecule has 1 aromatic carbocycles. The summed E-state index contributed by atoms with van der Waals surface area (Å²) in [6, 6.07) is 9.22. The van der Waals surface area contributed by atoms with Crippen LogP contribution >= 0.6 is 0 Å². The van der Waals surface area contributed by atoms with Gasteiger partial charge >= 0.3 is 0 Å². The van der Waals surface area contributed by atoms with Gasteiger partial charge in [-0.05, 0) is 37.5 Å². The molecule has 6 nitrogen and oxygen atoms in total. The smallest absolute Gasteiger partial charge is 0.270 e. The summed E-state index contributed by atoms with van der Waals surface area (Å²) < 4.78 is 5.77. The van der Waals surface area contributed by atoms with Crippen LogP contribution in [0.25, 0.3) is 11.3 Å². The van der Waals surface area contributed by atoms with Crippen LogP contribution < -0.4 is 15.8 Å². The molecular formula is C18H24N4O2. The van der Waals surface area contributed by atoms with E-state index in [0.717, 1.165) is 17.7 Å². The molecule has 1 aromatic heterocycles. The van der Waals surface area contributed by atoms with E-state index in [4.69, 9.17) is 10.5 Å². The lowest BCUT2D eigenvalue weighted by Gasteiger charge is -2.10. The summed E-state index contributed by atoms with van der Waals surface area (Å²) in [5, 5.41) is 2.71. The molecule has 1 amide bonds. The van der Waals surface area contributed by atoms with Crippen molar-refractivity contribution in [3.05, 3.63) is 36.0 Å². The number of ether oxygens (including phenoxy) is 1. The van der Waals surface area contributed by atoms with Gasteiger partial charge in [-0.15, -0.1) is 0 Å². The van der Waals surface area contributed by atoms with Crippen LogP contribution in [-0.2, 0) is 0 Å². The number of nitrogens with one attached hydrogen (secondary N) is 1. The van der Waals surface area contributed by atoms with E-state index in [1.807, 2.05) is 31.2 Å². The molecule has 0 saturated carbocycles. The molecule has 2 aromatic rings. The van der Waals surface area contributed by atoms with Gasteiger partial charge in [0, 0.05) is 12.1 Å². The molecule has 0 saturated heterocycles. The number of nitrogens with zero attached hydrogens (tertiary/aromatic N) is 2. The van der Waals surface area contributed by atoms with E-state index < -0.39 is 0 Å². The first-order valence-corrected chi connectivity index (χ1v) is 8.15. The zero-order valence-corrected chi connectivity index (χ0v) is 14.4. The van der Waals surface area contributed by atoms with E-state index in [2.05, 4.69) is 29.1 Å². The maximum Gasteiger partial charge on any atom is 0.270 e. The fourth-order valence-corrected chi connectivity index (χ4v) is 2.14. The second-order valence-corrected chi connectivity index (χ2v) is 5.91. The van der Waals surface area contributed by atoms with Gasteiger partial charge in [0.25, 0.3) is 5.91 Å². The maximum absolute atomic E-state index is 12.0. The van der Waals surface area contributed by atoms with Crippen molar-refractivity contribution >= 4 is 11.9 Å². The number of benzene rings is 1. The second kappa shape index (κ2) is 8.29. The number of aromatic nitrogens is 2. The normalized spacial score (nSPS) is 10.7. The zero-order valence-electron chi connectivity index (χ0n) is 14.4. The van der Waals surface area contributed by atoms with Crippen molar-refractivity contribution in [2.24, 2.45) is 5.92 Å². The minimum absolute atomic E-state index is 0.0693. The Balaban J connectivity index is 2.23. The summed E-state index contributed by atoms with van der Waals surface area (Å²) in [5.74, 6) is 1.16. The molecule has 0 aliphatic rings. The van der Waals surface area contributed by atoms with Crippen molar-refractivity contribution in [1.29, 1.82) is 0 Å². The SMILES string of the molecule is CCNC(=O)c1cc(-c2cccc(OCCC(C)C)c2)nc(N)n1. The van der Waals surface area contributed by atoms with Crippen LogP contribution in [0.15, 0.2) is 30.3 Å². The van der Waals surface area contributed by atoms with E-state index >= 15 is 0 Å². The number of carbonyl (C=O) groups excluding carboxylic acids is 1. The first kappa shape index (κ1) is 17.7. The summed E-state index contributed by atoms with van der Waals surface area (Å²) in [6.45, 7) is 7.36. The molecule has 1 heterocycles. The lowest BCUT2D eigenvalue weighted by Crippen LogP contribution is -2.24. The third-order valence-electron chi connectivity index (χ3n) is 3.41. The Bertz CT molecular complexity index is 701. The van der Waals surface area contributed by atoms with Crippen LogP contribution in [0.3, 0.4) is 0 Å². The van der Waals surface area contributed by atoms with Gasteiger partial charge in [0.1, 0.15) is 11.4 Å². The standard InChI is InChI=1S/C18H24N4O2/c1-4-20-17(23)16-11-15(21-18(19)22-16)13-6-5-7-14(10-13)24-9-8-12(2)3/h5-7,10-12H,4,8-9H2,1-3H3,(H,20,23)(H2,19,21,22). The number of hydrogen-bond donors (Lipinski definition) is 2. The lowest BCUT2D eigenvalue weighted by molar-refractivity contribution is 0.0951. The lowest BCUT2D eigenvalue weighted by atomic mass is 10.1. The highest BCUT2D eigenvalue weighted by atomic mass is 16.5.